The molecule has 1 aromatic heterocycles. The lowest BCUT2D eigenvalue weighted by molar-refractivity contribution is 0.102. The molecule has 0 saturated carbocycles. The topological polar surface area (TPSA) is 76.1 Å². The fraction of sp³-hybridized carbons (Fsp3) is 0.0556. The normalized spacial score (nSPS) is 10.3. The summed E-state index contributed by atoms with van der Waals surface area (Å²) in [5.41, 5.74) is 1.31. The molecule has 1 amide bonds. The van der Waals surface area contributed by atoms with E-state index in [1.807, 2.05) is 0 Å². The Morgan fingerprint density at radius 3 is 2.42 bits per heavy atom. The van der Waals surface area contributed by atoms with Crippen LogP contribution in [-0.4, -0.2) is 23.0 Å². The first-order valence-electron chi connectivity index (χ1n) is 7.54. The maximum Gasteiger partial charge on any atom is 0.275 e. The molecule has 0 aliphatic heterocycles. The number of amides is 1. The Balaban J connectivity index is 1.66. The molecule has 0 aliphatic rings. The summed E-state index contributed by atoms with van der Waals surface area (Å²) in [7, 11) is 1.51. The summed E-state index contributed by atoms with van der Waals surface area (Å²) in [6.45, 7) is 0. The van der Waals surface area contributed by atoms with Crippen LogP contribution >= 0.6 is 11.6 Å². The molecule has 0 bridgehead atoms. The van der Waals surface area contributed by atoms with Gasteiger partial charge in [-0.2, -0.15) is 0 Å². The highest BCUT2D eigenvalue weighted by Crippen LogP contribution is 2.27. The number of hydrogen-bond acceptors (Lipinski definition) is 5. The Hall–Kier alpha value is -3.19. The number of carbonyl (C=O) groups excluding carboxylic acids is 1. The van der Waals surface area contributed by atoms with Crippen LogP contribution in [0.5, 0.6) is 5.75 Å². The van der Waals surface area contributed by atoms with Gasteiger partial charge in [-0.25, -0.2) is 14.4 Å². The minimum atomic E-state index is -0.424. The maximum atomic E-state index is 12.9. The van der Waals surface area contributed by atoms with E-state index in [1.165, 1.54) is 31.6 Å². The highest BCUT2D eigenvalue weighted by Gasteiger charge is 2.10. The average molecular weight is 373 g/mol. The second-order valence-electron chi connectivity index (χ2n) is 5.22. The summed E-state index contributed by atoms with van der Waals surface area (Å²) in [6.07, 6.45) is 2.76. The molecule has 6 nitrogen and oxygen atoms in total. The number of methoxy groups -OCH3 is 1. The van der Waals surface area contributed by atoms with E-state index in [0.29, 0.717) is 28.0 Å². The van der Waals surface area contributed by atoms with E-state index < -0.39 is 5.91 Å². The Labute approximate surface area is 154 Å². The van der Waals surface area contributed by atoms with Crippen molar-refractivity contribution in [3.05, 3.63) is 71.4 Å². The number of halogens is 2. The molecule has 0 aliphatic carbocycles. The summed E-state index contributed by atoms with van der Waals surface area (Å²) >= 11 is 6.03. The van der Waals surface area contributed by atoms with Gasteiger partial charge in [0.05, 0.1) is 24.5 Å². The van der Waals surface area contributed by atoms with E-state index in [2.05, 4.69) is 20.6 Å². The van der Waals surface area contributed by atoms with E-state index in [1.54, 1.807) is 30.3 Å². The maximum absolute atomic E-state index is 12.9. The fourth-order valence-corrected chi connectivity index (χ4v) is 2.39. The van der Waals surface area contributed by atoms with Crippen LogP contribution in [-0.2, 0) is 0 Å². The predicted octanol–water partition coefficient (Wildman–Crippen LogP) is 4.27. The molecular weight excluding hydrogens is 359 g/mol. The van der Waals surface area contributed by atoms with Gasteiger partial charge in [-0.05, 0) is 42.5 Å². The standard InChI is InChI=1S/C18H14ClFN4O2/c1-26-16-7-6-13(8-14(16)19)24-18(25)15-9-22-17(10-21-15)23-12-4-2-11(20)3-5-12/h2-10H,1H3,(H,22,23)(H,24,25). The number of anilines is 3. The van der Waals surface area contributed by atoms with E-state index in [9.17, 15) is 9.18 Å². The van der Waals surface area contributed by atoms with E-state index in [0.717, 1.165) is 0 Å². The number of nitrogens with one attached hydrogen (secondary N) is 2. The molecule has 26 heavy (non-hydrogen) atoms. The third kappa shape index (κ3) is 4.25. The van der Waals surface area contributed by atoms with Crippen molar-refractivity contribution in [3.8, 4) is 5.75 Å². The van der Waals surface area contributed by atoms with E-state index >= 15 is 0 Å². The number of hydrogen-bond donors (Lipinski definition) is 2. The van der Waals surface area contributed by atoms with Crippen molar-refractivity contribution in [1.29, 1.82) is 0 Å². The van der Waals surface area contributed by atoms with Crippen molar-refractivity contribution in [2.24, 2.45) is 0 Å². The van der Waals surface area contributed by atoms with Gasteiger partial charge in [-0.15, -0.1) is 0 Å². The Morgan fingerprint density at radius 2 is 1.81 bits per heavy atom. The summed E-state index contributed by atoms with van der Waals surface area (Å²) in [5.74, 6) is 0.195. The summed E-state index contributed by atoms with van der Waals surface area (Å²) in [5, 5.41) is 6.03. The average Bonchev–Trinajstić information content (AvgIpc) is 2.64. The lowest BCUT2D eigenvalue weighted by atomic mass is 10.3. The van der Waals surface area contributed by atoms with Gasteiger partial charge < -0.3 is 15.4 Å². The largest absolute Gasteiger partial charge is 0.495 e. The number of benzene rings is 2. The van der Waals surface area contributed by atoms with Crippen LogP contribution in [0.25, 0.3) is 0 Å². The van der Waals surface area contributed by atoms with Crippen LogP contribution in [0, 0.1) is 5.82 Å². The number of rotatable bonds is 5. The van der Waals surface area contributed by atoms with Crippen molar-refractivity contribution < 1.29 is 13.9 Å². The van der Waals surface area contributed by atoms with Gasteiger partial charge in [0.2, 0.25) is 0 Å². The third-order valence-electron chi connectivity index (χ3n) is 3.41. The van der Waals surface area contributed by atoms with Crippen molar-refractivity contribution in [2.75, 3.05) is 17.7 Å². The molecule has 0 fully saturated rings. The van der Waals surface area contributed by atoms with E-state index in [-0.39, 0.29) is 11.5 Å². The van der Waals surface area contributed by atoms with Crippen LogP contribution < -0.4 is 15.4 Å². The number of carbonyl (C=O) groups is 1. The van der Waals surface area contributed by atoms with E-state index in [4.69, 9.17) is 16.3 Å². The first kappa shape index (κ1) is 17.6. The number of ether oxygens (including phenoxy) is 1. The Bertz CT molecular complexity index is 917. The molecular formula is C18H14ClFN4O2. The second kappa shape index (κ2) is 7.79. The SMILES string of the molecule is COc1ccc(NC(=O)c2cnc(Nc3ccc(F)cc3)cn2)cc1Cl. The molecule has 0 atom stereocenters. The lowest BCUT2D eigenvalue weighted by Crippen LogP contribution is -2.14. The molecule has 3 aromatic rings. The zero-order valence-electron chi connectivity index (χ0n) is 13.7. The molecule has 1 heterocycles. The summed E-state index contributed by atoms with van der Waals surface area (Å²) in [6, 6.07) is 10.7. The third-order valence-corrected chi connectivity index (χ3v) is 3.71. The van der Waals surface area contributed by atoms with Gasteiger partial charge in [0, 0.05) is 11.4 Å². The zero-order chi connectivity index (χ0) is 18.5. The van der Waals surface area contributed by atoms with Crippen LogP contribution in [0.15, 0.2) is 54.9 Å². The van der Waals surface area contributed by atoms with Crippen molar-refractivity contribution in [1.82, 2.24) is 9.97 Å². The van der Waals surface area contributed by atoms with Crippen LogP contribution in [0.4, 0.5) is 21.6 Å². The van der Waals surface area contributed by atoms with Gasteiger partial charge in [0.25, 0.3) is 5.91 Å². The van der Waals surface area contributed by atoms with Crippen molar-refractivity contribution in [3.63, 3.8) is 0 Å². The number of nitrogens with zero attached hydrogens (tertiary/aromatic N) is 2. The monoisotopic (exact) mass is 372 g/mol. The predicted molar refractivity (Wildman–Crippen MR) is 97.7 cm³/mol. The fourth-order valence-electron chi connectivity index (χ4n) is 2.13. The first-order valence-corrected chi connectivity index (χ1v) is 7.92. The molecule has 132 valence electrons. The lowest BCUT2D eigenvalue weighted by Gasteiger charge is -2.08. The minimum Gasteiger partial charge on any atom is -0.495 e. The molecule has 3 rings (SSSR count). The van der Waals surface area contributed by atoms with Crippen molar-refractivity contribution >= 4 is 34.7 Å². The minimum absolute atomic E-state index is 0.140. The summed E-state index contributed by atoms with van der Waals surface area (Å²) in [4.78, 5) is 20.4. The first-order chi connectivity index (χ1) is 12.5. The van der Waals surface area contributed by atoms with Gasteiger partial charge in [0.1, 0.15) is 23.1 Å². The zero-order valence-corrected chi connectivity index (χ0v) is 14.4. The Morgan fingerprint density at radius 1 is 1.08 bits per heavy atom. The Kier molecular flexibility index (Phi) is 5.28. The highest BCUT2D eigenvalue weighted by molar-refractivity contribution is 6.32. The molecule has 0 unspecified atom stereocenters. The molecule has 0 spiro atoms. The van der Waals surface area contributed by atoms with Gasteiger partial charge >= 0.3 is 0 Å². The highest BCUT2D eigenvalue weighted by atomic mass is 35.5. The van der Waals surface area contributed by atoms with Gasteiger partial charge in [0.15, 0.2) is 0 Å². The molecule has 8 heteroatoms. The molecule has 2 aromatic carbocycles. The smallest absolute Gasteiger partial charge is 0.275 e. The van der Waals surface area contributed by atoms with Crippen LogP contribution in [0.1, 0.15) is 10.5 Å². The molecule has 0 radical (unpaired) electrons. The van der Waals surface area contributed by atoms with Gasteiger partial charge in [-0.3, -0.25) is 4.79 Å². The van der Waals surface area contributed by atoms with Crippen LogP contribution in [0.3, 0.4) is 0 Å². The second-order valence-corrected chi connectivity index (χ2v) is 5.63. The van der Waals surface area contributed by atoms with Crippen LogP contribution in [0.2, 0.25) is 5.02 Å². The molecule has 2 N–H and O–H groups in total. The summed E-state index contributed by atoms with van der Waals surface area (Å²) < 4.78 is 18.0. The molecule has 0 saturated heterocycles. The quantitative estimate of drug-likeness (QED) is 0.699. The number of aromatic nitrogens is 2. The van der Waals surface area contributed by atoms with Crippen molar-refractivity contribution in [2.45, 2.75) is 0 Å². The van der Waals surface area contributed by atoms with Gasteiger partial charge in [-0.1, -0.05) is 11.6 Å².